The van der Waals surface area contributed by atoms with Crippen molar-refractivity contribution in [1.82, 2.24) is 0 Å². The van der Waals surface area contributed by atoms with Gasteiger partial charge in [-0.15, -0.1) is 0 Å². The standard InChI is InChI=1S/C12H18O2/c13-11-7-6-10-12(14-11)8-4-2-1-3-5-9-12/h6-7H,1-5,8-10H2. The Kier molecular flexibility index (Phi) is 2.90. The van der Waals surface area contributed by atoms with Gasteiger partial charge in [-0.1, -0.05) is 25.3 Å². The van der Waals surface area contributed by atoms with E-state index in [9.17, 15) is 4.79 Å². The maximum atomic E-state index is 11.2. The van der Waals surface area contributed by atoms with Crippen molar-refractivity contribution in [3.05, 3.63) is 12.2 Å². The molecule has 2 heteroatoms. The molecule has 0 bridgehead atoms. The Labute approximate surface area is 85.3 Å². The molecule has 0 unspecified atom stereocenters. The molecule has 0 N–H and O–H groups in total. The van der Waals surface area contributed by atoms with Crippen LogP contribution in [0, 0.1) is 0 Å². The summed E-state index contributed by atoms with van der Waals surface area (Å²) in [6.07, 6.45) is 12.9. The third-order valence-electron chi connectivity index (χ3n) is 3.33. The van der Waals surface area contributed by atoms with Crippen molar-refractivity contribution < 1.29 is 9.53 Å². The maximum absolute atomic E-state index is 11.2. The molecule has 1 aliphatic carbocycles. The Morgan fingerprint density at radius 1 is 1.07 bits per heavy atom. The monoisotopic (exact) mass is 194 g/mol. The molecule has 1 heterocycles. The summed E-state index contributed by atoms with van der Waals surface area (Å²) in [4.78, 5) is 11.2. The normalized spacial score (nSPS) is 26.7. The second-order valence-corrected chi connectivity index (χ2v) is 4.48. The molecule has 0 radical (unpaired) electrons. The fourth-order valence-corrected chi connectivity index (χ4v) is 2.51. The molecule has 1 saturated carbocycles. The third-order valence-corrected chi connectivity index (χ3v) is 3.33. The summed E-state index contributed by atoms with van der Waals surface area (Å²) in [7, 11) is 0. The largest absolute Gasteiger partial charge is 0.456 e. The lowest BCUT2D eigenvalue weighted by molar-refractivity contribution is -0.157. The Bertz CT molecular complexity index is 235. The first-order valence-electron chi connectivity index (χ1n) is 5.70. The lowest BCUT2D eigenvalue weighted by Gasteiger charge is -2.35. The van der Waals surface area contributed by atoms with E-state index in [1.807, 2.05) is 6.08 Å². The summed E-state index contributed by atoms with van der Waals surface area (Å²) in [6.45, 7) is 0. The van der Waals surface area contributed by atoms with Gasteiger partial charge in [0, 0.05) is 12.5 Å². The first kappa shape index (κ1) is 9.75. The topological polar surface area (TPSA) is 26.3 Å². The summed E-state index contributed by atoms with van der Waals surface area (Å²) >= 11 is 0. The van der Waals surface area contributed by atoms with E-state index in [1.54, 1.807) is 6.08 Å². The first-order chi connectivity index (χ1) is 6.81. The van der Waals surface area contributed by atoms with Crippen LogP contribution in [0.5, 0.6) is 0 Å². The molecule has 0 saturated heterocycles. The van der Waals surface area contributed by atoms with Crippen molar-refractivity contribution in [2.24, 2.45) is 0 Å². The summed E-state index contributed by atoms with van der Waals surface area (Å²) in [5, 5.41) is 0. The lowest BCUT2D eigenvalue weighted by atomic mass is 9.83. The van der Waals surface area contributed by atoms with Crippen molar-refractivity contribution in [3.63, 3.8) is 0 Å². The van der Waals surface area contributed by atoms with Crippen LogP contribution in [0.2, 0.25) is 0 Å². The molecular weight excluding hydrogens is 176 g/mol. The van der Waals surface area contributed by atoms with Crippen molar-refractivity contribution in [2.75, 3.05) is 0 Å². The van der Waals surface area contributed by atoms with Gasteiger partial charge in [-0.3, -0.25) is 0 Å². The molecule has 1 fully saturated rings. The molecule has 78 valence electrons. The van der Waals surface area contributed by atoms with Crippen molar-refractivity contribution >= 4 is 5.97 Å². The SMILES string of the molecule is O=C1C=CCC2(CCCCCCC2)O1. The zero-order valence-electron chi connectivity index (χ0n) is 8.63. The van der Waals surface area contributed by atoms with Crippen LogP contribution in [0.15, 0.2) is 12.2 Å². The number of hydrogen-bond donors (Lipinski definition) is 0. The molecular formula is C12H18O2. The van der Waals surface area contributed by atoms with Gasteiger partial charge in [-0.2, -0.15) is 0 Å². The number of rotatable bonds is 0. The lowest BCUT2D eigenvalue weighted by Crippen LogP contribution is -2.37. The highest BCUT2D eigenvalue weighted by molar-refractivity contribution is 5.83. The van der Waals surface area contributed by atoms with Gasteiger partial charge in [0.05, 0.1) is 0 Å². The molecule has 1 aliphatic heterocycles. The Morgan fingerprint density at radius 2 is 1.71 bits per heavy atom. The predicted octanol–water partition coefficient (Wildman–Crippen LogP) is 2.97. The zero-order valence-corrected chi connectivity index (χ0v) is 8.63. The zero-order chi connectivity index (χ0) is 9.86. The summed E-state index contributed by atoms with van der Waals surface area (Å²) < 4.78 is 5.52. The number of carbonyl (C=O) groups is 1. The van der Waals surface area contributed by atoms with E-state index in [-0.39, 0.29) is 11.6 Å². The summed E-state index contributed by atoms with van der Waals surface area (Å²) in [5.74, 6) is -0.142. The van der Waals surface area contributed by atoms with Crippen LogP contribution in [0.4, 0.5) is 0 Å². The van der Waals surface area contributed by atoms with Crippen LogP contribution in [0.25, 0.3) is 0 Å². The Hall–Kier alpha value is -0.790. The third kappa shape index (κ3) is 2.17. The van der Waals surface area contributed by atoms with Crippen LogP contribution in [0.1, 0.15) is 51.4 Å². The number of ether oxygens (including phenoxy) is 1. The van der Waals surface area contributed by atoms with Gasteiger partial charge in [0.2, 0.25) is 0 Å². The van der Waals surface area contributed by atoms with Crippen LogP contribution in [0.3, 0.4) is 0 Å². The molecule has 0 aromatic rings. The molecule has 2 nitrogen and oxygen atoms in total. The maximum Gasteiger partial charge on any atom is 0.330 e. The molecule has 0 atom stereocenters. The van der Waals surface area contributed by atoms with Crippen LogP contribution in [-0.4, -0.2) is 11.6 Å². The highest BCUT2D eigenvalue weighted by atomic mass is 16.6. The van der Waals surface area contributed by atoms with Crippen molar-refractivity contribution in [3.8, 4) is 0 Å². The Morgan fingerprint density at radius 3 is 2.36 bits per heavy atom. The van der Waals surface area contributed by atoms with Gasteiger partial charge in [-0.05, 0) is 25.7 Å². The van der Waals surface area contributed by atoms with Crippen LogP contribution >= 0.6 is 0 Å². The molecule has 2 aliphatic rings. The van der Waals surface area contributed by atoms with Gasteiger partial charge >= 0.3 is 5.97 Å². The van der Waals surface area contributed by atoms with E-state index in [2.05, 4.69) is 0 Å². The minimum atomic E-state index is -0.142. The number of hydrogen-bond acceptors (Lipinski definition) is 2. The van der Waals surface area contributed by atoms with E-state index in [1.165, 1.54) is 32.1 Å². The Balaban J connectivity index is 2.04. The summed E-state index contributed by atoms with van der Waals surface area (Å²) in [5.41, 5.74) is -0.133. The molecule has 0 amide bonds. The van der Waals surface area contributed by atoms with E-state index in [0.717, 1.165) is 19.3 Å². The second kappa shape index (κ2) is 4.16. The van der Waals surface area contributed by atoms with Gasteiger partial charge in [0.15, 0.2) is 0 Å². The highest BCUT2D eigenvalue weighted by Gasteiger charge is 2.34. The van der Waals surface area contributed by atoms with Crippen molar-refractivity contribution in [1.29, 1.82) is 0 Å². The molecule has 14 heavy (non-hydrogen) atoms. The average molecular weight is 194 g/mol. The fourth-order valence-electron chi connectivity index (χ4n) is 2.51. The quantitative estimate of drug-likeness (QED) is 0.554. The number of carbonyl (C=O) groups excluding carboxylic acids is 1. The van der Waals surface area contributed by atoms with Gasteiger partial charge < -0.3 is 4.74 Å². The van der Waals surface area contributed by atoms with E-state index >= 15 is 0 Å². The van der Waals surface area contributed by atoms with Gasteiger partial charge in [0.25, 0.3) is 0 Å². The van der Waals surface area contributed by atoms with Crippen molar-refractivity contribution in [2.45, 2.75) is 57.0 Å². The molecule has 0 aromatic carbocycles. The molecule has 2 rings (SSSR count). The smallest absolute Gasteiger partial charge is 0.330 e. The number of esters is 1. The predicted molar refractivity (Wildman–Crippen MR) is 54.9 cm³/mol. The van der Waals surface area contributed by atoms with E-state index < -0.39 is 0 Å². The minimum Gasteiger partial charge on any atom is -0.456 e. The molecule has 1 spiro atoms. The second-order valence-electron chi connectivity index (χ2n) is 4.48. The highest BCUT2D eigenvalue weighted by Crippen LogP contribution is 2.34. The molecule has 0 aromatic heterocycles. The average Bonchev–Trinajstić information content (AvgIpc) is 2.12. The van der Waals surface area contributed by atoms with E-state index in [4.69, 9.17) is 4.74 Å². The van der Waals surface area contributed by atoms with Gasteiger partial charge in [0.1, 0.15) is 5.60 Å². The van der Waals surface area contributed by atoms with Crippen LogP contribution in [-0.2, 0) is 9.53 Å². The van der Waals surface area contributed by atoms with Gasteiger partial charge in [-0.25, -0.2) is 4.79 Å². The fraction of sp³-hybridized carbons (Fsp3) is 0.750. The van der Waals surface area contributed by atoms with Crippen LogP contribution < -0.4 is 0 Å². The minimum absolute atomic E-state index is 0.133. The first-order valence-corrected chi connectivity index (χ1v) is 5.70. The summed E-state index contributed by atoms with van der Waals surface area (Å²) in [6, 6.07) is 0. The van der Waals surface area contributed by atoms with E-state index in [0.29, 0.717) is 0 Å².